The van der Waals surface area contributed by atoms with E-state index in [1.165, 1.54) is 33.7 Å². The number of nitrogens with zero attached hydrogens (tertiary/aromatic N) is 3. The lowest BCUT2D eigenvalue weighted by Crippen LogP contribution is -2.20. The summed E-state index contributed by atoms with van der Waals surface area (Å²) in [5, 5.41) is 8.22. The number of carbonyl (C=O) groups is 1. The molecule has 2 heterocycles. The summed E-state index contributed by atoms with van der Waals surface area (Å²) in [6.45, 7) is 2.05. The van der Waals surface area contributed by atoms with Gasteiger partial charge in [0.25, 0.3) is 11.5 Å². The number of fused-ring (bicyclic) bond motifs is 1. The van der Waals surface area contributed by atoms with Gasteiger partial charge in [0.1, 0.15) is 10.8 Å². The third-order valence-electron chi connectivity index (χ3n) is 4.73. The number of amides is 1. The lowest BCUT2D eigenvalue weighted by Gasteiger charge is -2.11. The van der Waals surface area contributed by atoms with Crippen LogP contribution >= 0.6 is 23.1 Å². The fourth-order valence-electron chi connectivity index (χ4n) is 3.10. The molecule has 0 aliphatic carbocycles. The molecule has 4 rings (SSSR count). The van der Waals surface area contributed by atoms with Gasteiger partial charge in [0.05, 0.1) is 11.4 Å². The average molecular weight is 481 g/mol. The van der Waals surface area contributed by atoms with E-state index in [2.05, 4.69) is 22.3 Å². The third kappa shape index (κ3) is 6.21. The van der Waals surface area contributed by atoms with Crippen LogP contribution in [0, 0.1) is 0 Å². The fourth-order valence-corrected chi connectivity index (χ4v) is 4.96. The van der Waals surface area contributed by atoms with Crippen LogP contribution in [0.15, 0.2) is 70.4 Å². The minimum atomic E-state index is -0.242. The van der Waals surface area contributed by atoms with Gasteiger partial charge in [-0.25, -0.2) is 4.98 Å². The van der Waals surface area contributed by atoms with Crippen LogP contribution in [0.5, 0.6) is 5.75 Å². The zero-order valence-corrected chi connectivity index (χ0v) is 19.8. The molecule has 170 valence electrons. The number of anilines is 1. The van der Waals surface area contributed by atoms with Gasteiger partial charge in [0.15, 0.2) is 6.61 Å². The van der Waals surface area contributed by atoms with Crippen molar-refractivity contribution in [3.8, 4) is 5.75 Å². The Labute approximate surface area is 199 Å². The summed E-state index contributed by atoms with van der Waals surface area (Å²) in [5.41, 5.74) is 1.21. The number of aryl methyl sites for hydroxylation is 1. The van der Waals surface area contributed by atoms with Crippen LogP contribution < -0.4 is 15.6 Å². The molecule has 0 spiro atoms. The molecule has 0 atom stereocenters. The maximum atomic E-state index is 12.5. The molecule has 0 aliphatic heterocycles. The Balaban J connectivity index is 1.41. The topological polar surface area (TPSA) is 85.6 Å². The highest BCUT2D eigenvalue weighted by molar-refractivity contribution is 7.98. The number of nitrogens with one attached hydrogen (secondary N) is 1. The van der Waals surface area contributed by atoms with Crippen molar-refractivity contribution < 1.29 is 9.53 Å². The second-order valence-corrected chi connectivity index (χ2v) is 9.37. The van der Waals surface area contributed by atoms with E-state index in [-0.39, 0.29) is 18.1 Å². The standard InChI is InChI=1S/C24H24N4O3S2/c1-2-3-13-22-27-28-23(30)14-17(25-24(28)33-22)16-32-20-12-8-7-11-19(20)26-21(29)15-31-18-9-5-4-6-10-18/h4-12,14H,2-3,13,15-16H2,1H3,(H,26,29). The predicted molar refractivity (Wildman–Crippen MR) is 132 cm³/mol. The zero-order chi connectivity index (χ0) is 23.0. The number of carbonyl (C=O) groups excluding carboxylic acids is 1. The first kappa shape index (κ1) is 23.0. The Morgan fingerprint density at radius 2 is 1.94 bits per heavy atom. The summed E-state index contributed by atoms with van der Waals surface area (Å²) in [6.07, 6.45) is 2.97. The lowest BCUT2D eigenvalue weighted by atomic mass is 10.3. The summed E-state index contributed by atoms with van der Waals surface area (Å²) in [4.78, 5) is 31.0. The first-order valence-electron chi connectivity index (χ1n) is 10.7. The molecular formula is C24H24N4O3S2. The minimum Gasteiger partial charge on any atom is -0.484 e. The number of thioether (sulfide) groups is 1. The lowest BCUT2D eigenvalue weighted by molar-refractivity contribution is -0.118. The fraction of sp³-hybridized carbons (Fsp3) is 0.250. The molecule has 7 nitrogen and oxygen atoms in total. The number of benzene rings is 2. The van der Waals surface area contributed by atoms with Crippen molar-refractivity contribution in [3.63, 3.8) is 0 Å². The molecule has 0 fully saturated rings. The molecule has 4 aromatic rings. The van der Waals surface area contributed by atoms with E-state index in [0.717, 1.165) is 29.2 Å². The van der Waals surface area contributed by atoms with Crippen LogP contribution in [-0.4, -0.2) is 27.1 Å². The molecule has 0 aliphatic rings. The SMILES string of the molecule is CCCCc1nn2c(=O)cc(CSc3ccccc3NC(=O)COc3ccccc3)nc2s1. The summed E-state index contributed by atoms with van der Waals surface area (Å²) in [6, 6.07) is 18.3. The highest BCUT2D eigenvalue weighted by Crippen LogP contribution is 2.29. The van der Waals surface area contributed by atoms with Crippen LogP contribution in [0.2, 0.25) is 0 Å². The first-order valence-corrected chi connectivity index (χ1v) is 12.5. The molecule has 1 N–H and O–H groups in total. The van der Waals surface area contributed by atoms with E-state index < -0.39 is 0 Å². The number of para-hydroxylation sites is 2. The van der Waals surface area contributed by atoms with Crippen molar-refractivity contribution in [2.75, 3.05) is 11.9 Å². The highest BCUT2D eigenvalue weighted by Gasteiger charge is 2.12. The smallest absolute Gasteiger partial charge is 0.275 e. The van der Waals surface area contributed by atoms with Crippen molar-refractivity contribution in [1.82, 2.24) is 14.6 Å². The summed E-state index contributed by atoms with van der Waals surface area (Å²) in [7, 11) is 0. The third-order valence-corrected chi connectivity index (χ3v) is 6.81. The van der Waals surface area contributed by atoms with Gasteiger partial charge in [-0.1, -0.05) is 55.0 Å². The summed E-state index contributed by atoms with van der Waals surface area (Å²) >= 11 is 2.98. The monoisotopic (exact) mass is 480 g/mol. The van der Waals surface area contributed by atoms with E-state index in [4.69, 9.17) is 4.74 Å². The number of rotatable bonds is 10. The quantitative estimate of drug-likeness (QED) is 0.328. The van der Waals surface area contributed by atoms with Crippen LogP contribution in [-0.2, 0) is 17.0 Å². The molecule has 33 heavy (non-hydrogen) atoms. The molecule has 0 saturated heterocycles. The van der Waals surface area contributed by atoms with Gasteiger partial charge in [-0.3, -0.25) is 9.59 Å². The van der Waals surface area contributed by atoms with Gasteiger partial charge in [-0.2, -0.15) is 9.61 Å². The van der Waals surface area contributed by atoms with Crippen LogP contribution in [0.1, 0.15) is 30.5 Å². The Kier molecular flexibility index (Phi) is 7.74. The van der Waals surface area contributed by atoms with Crippen LogP contribution in [0.4, 0.5) is 5.69 Å². The van der Waals surface area contributed by atoms with Crippen LogP contribution in [0.25, 0.3) is 4.96 Å². The molecule has 0 unspecified atom stereocenters. The summed E-state index contributed by atoms with van der Waals surface area (Å²) < 4.78 is 6.90. The van der Waals surface area contributed by atoms with Crippen molar-refractivity contribution in [2.45, 2.75) is 36.8 Å². The number of ether oxygens (including phenoxy) is 1. The van der Waals surface area contributed by atoms with Gasteiger partial charge in [-0.15, -0.1) is 11.8 Å². The normalized spacial score (nSPS) is 10.9. The Bertz CT molecular complexity index is 1290. The molecule has 0 bridgehead atoms. The molecule has 2 aromatic carbocycles. The first-order chi connectivity index (χ1) is 16.1. The number of hydrogen-bond acceptors (Lipinski definition) is 7. The van der Waals surface area contributed by atoms with Gasteiger partial charge in [0, 0.05) is 23.1 Å². The number of hydrogen-bond donors (Lipinski definition) is 1. The average Bonchev–Trinajstić information content (AvgIpc) is 3.25. The molecule has 2 aromatic heterocycles. The number of aromatic nitrogens is 3. The van der Waals surface area contributed by atoms with E-state index in [9.17, 15) is 9.59 Å². The molecule has 0 radical (unpaired) electrons. The van der Waals surface area contributed by atoms with E-state index in [1.54, 1.807) is 12.1 Å². The minimum absolute atomic E-state index is 0.0796. The zero-order valence-electron chi connectivity index (χ0n) is 18.2. The molecular weight excluding hydrogens is 456 g/mol. The van der Waals surface area contributed by atoms with E-state index in [1.807, 2.05) is 42.5 Å². The van der Waals surface area contributed by atoms with Gasteiger partial charge < -0.3 is 10.1 Å². The Morgan fingerprint density at radius 3 is 2.76 bits per heavy atom. The van der Waals surface area contributed by atoms with Gasteiger partial charge in [-0.05, 0) is 30.7 Å². The van der Waals surface area contributed by atoms with Crippen molar-refractivity contribution >= 4 is 39.7 Å². The van der Waals surface area contributed by atoms with Crippen molar-refractivity contribution in [2.24, 2.45) is 0 Å². The molecule has 1 amide bonds. The second-order valence-electron chi connectivity index (χ2n) is 7.31. The Hall–Kier alpha value is -3.17. The van der Waals surface area contributed by atoms with Gasteiger partial charge in [0.2, 0.25) is 4.96 Å². The van der Waals surface area contributed by atoms with Crippen LogP contribution in [0.3, 0.4) is 0 Å². The van der Waals surface area contributed by atoms with Crippen molar-refractivity contribution in [3.05, 3.63) is 81.7 Å². The molecule has 0 saturated carbocycles. The van der Waals surface area contributed by atoms with Crippen molar-refractivity contribution in [1.29, 1.82) is 0 Å². The maximum absolute atomic E-state index is 12.5. The van der Waals surface area contributed by atoms with E-state index >= 15 is 0 Å². The predicted octanol–water partition coefficient (Wildman–Crippen LogP) is 4.80. The highest BCUT2D eigenvalue weighted by atomic mass is 32.2. The largest absolute Gasteiger partial charge is 0.484 e. The van der Waals surface area contributed by atoms with E-state index in [0.29, 0.717) is 27.8 Å². The Morgan fingerprint density at radius 1 is 1.15 bits per heavy atom. The number of unbranched alkanes of at least 4 members (excludes halogenated alkanes) is 1. The second kappa shape index (κ2) is 11.1. The maximum Gasteiger partial charge on any atom is 0.275 e. The molecule has 9 heteroatoms. The summed E-state index contributed by atoms with van der Waals surface area (Å²) in [5.74, 6) is 0.902. The van der Waals surface area contributed by atoms with Gasteiger partial charge >= 0.3 is 0 Å².